The lowest BCUT2D eigenvalue weighted by molar-refractivity contribution is -0.131. The van der Waals surface area contributed by atoms with Gasteiger partial charge in [0, 0.05) is 18.8 Å². The summed E-state index contributed by atoms with van der Waals surface area (Å²) in [5.41, 5.74) is 0.350. The van der Waals surface area contributed by atoms with Gasteiger partial charge in [0.1, 0.15) is 11.9 Å². The molecule has 1 aliphatic rings. The minimum Gasteiger partial charge on any atom is -0.341 e. The van der Waals surface area contributed by atoms with Crippen molar-refractivity contribution in [2.75, 3.05) is 18.4 Å². The first kappa shape index (κ1) is 14.3. The molecule has 0 aliphatic carbocycles. The molecule has 1 atom stereocenters. The van der Waals surface area contributed by atoms with Crippen LogP contribution < -0.4 is 10.6 Å². The highest BCUT2D eigenvalue weighted by Crippen LogP contribution is 2.10. The fraction of sp³-hybridized carbons (Fsp3) is 0.429. The fourth-order valence-corrected chi connectivity index (χ4v) is 2.20. The number of hydrogen-bond acceptors (Lipinski definition) is 2. The van der Waals surface area contributed by atoms with E-state index in [0.29, 0.717) is 5.69 Å². The Balaban J connectivity index is 1.85. The third-order valence-corrected chi connectivity index (χ3v) is 3.22. The molecule has 1 fully saturated rings. The highest BCUT2D eigenvalue weighted by molar-refractivity contribution is 5.93. The molecule has 3 amide bonds. The van der Waals surface area contributed by atoms with Gasteiger partial charge in [-0.1, -0.05) is 6.07 Å². The summed E-state index contributed by atoms with van der Waals surface area (Å²) in [7, 11) is 0. The predicted octanol–water partition coefficient (Wildman–Crippen LogP) is 1.96. The number of amides is 3. The number of likely N-dealkylation sites (tertiary alicyclic amines) is 1. The second-order valence-electron chi connectivity index (χ2n) is 4.86. The van der Waals surface area contributed by atoms with E-state index in [4.69, 9.17) is 0 Å². The summed E-state index contributed by atoms with van der Waals surface area (Å²) in [5.74, 6) is -0.513. The molecule has 20 heavy (non-hydrogen) atoms. The summed E-state index contributed by atoms with van der Waals surface area (Å²) in [6, 6.07) is 4.48. The van der Waals surface area contributed by atoms with Gasteiger partial charge in [0.25, 0.3) is 0 Å². The molecule has 1 aromatic carbocycles. The Kier molecular flexibility index (Phi) is 4.55. The molecule has 5 nitrogen and oxygen atoms in total. The van der Waals surface area contributed by atoms with Crippen LogP contribution in [0.5, 0.6) is 0 Å². The molecule has 2 rings (SSSR count). The van der Waals surface area contributed by atoms with Gasteiger partial charge >= 0.3 is 6.03 Å². The molecule has 0 spiro atoms. The average Bonchev–Trinajstić information content (AvgIpc) is 2.91. The van der Waals surface area contributed by atoms with Crippen molar-refractivity contribution in [3.05, 3.63) is 30.1 Å². The van der Waals surface area contributed by atoms with Crippen molar-refractivity contribution in [1.29, 1.82) is 0 Å². The quantitative estimate of drug-likeness (QED) is 0.888. The van der Waals surface area contributed by atoms with Crippen molar-refractivity contribution in [1.82, 2.24) is 10.2 Å². The standard InChI is InChI=1S/C14H18FN3O2/c1-10(13(19)18-7-2-3-8-18)16-14(20)17-12-6-4-5-11(15)9-12/h4-6,9-10H,2-3,7-8H2,1H3,(H2,16,17,20)/t10-/m1/s1. The maximum atomic E-state index is 13.0. The van der Waals surface area contributed by atoms with Crippen LogP contribution in [-0.2, 0) is 4.79 Å². The number of urea groups is 1. The number of carbonyl (C=O) groups excluding carboxylic acids is 2. The zero-order valence-corrected chi connectivity index (χ0v) is 11.4. The lowest BCUT2D eigenvalue weighted by Gasteiger charge is -2.21. The summed E-state index contributed by atoms with van der Waals surface area (Å²) >= 11 is 0. The third-order valence-electron chi connectivity index (χ3n) is 3.22. The first-order valence-electron chi connectivity index (χ1n) is 6.68. The maximum absolute atomic E-state index is 13.0. The van der Waals surface area contributed by atoms with Crippen molar-refractivity contribution < 1.29 is 14.0 Å². The Morgan fingerprint density at radius 1 is 1.30 bits per heavy atom. The molecule has 0 radical (unpaired) electrons. The molecular weight excluding hydrogens is 261 g/mol. The Morgan fingerprint density at radius 3 is 2.65 bits per heavy atom. The van der Waals surface area contributed by atoms with E-state index in [0.717, 1.165) is 25.9 Å². The number of anilines is 1. The molecule has 1 aliphatic heterocycles. The highest BCUT2D eigenvalue weighted by Gasteiger charge is 2.24. The number of halogens is 1. The lowest BCUT2D eigenvalue weighted by atomic mass is 10.3. The largest absolute Gasteiger partial charge is 0.341 e. The normalized spacial score (nSPS) is 15.8. The van der Waals surface area contributed by atoms with Crippen molar-refractivity contribution in [2.45, 2.75) is 25.8 Å². The molecule has 2 N–H and O–H groups in total. The summed E-state index contributed by atoms with van der Waals surface area (Å²) < 4.78 is 13.0. The van der Waals surface area contributed by atoms with E-state index in [1.54, 1.807) is 17.9 Å². The summed E-state index contributed by atoms with van der Waals surface area (Å²) in [5, 5.41) is 5.06. The number of carbonyl (C=O) groups is 2. The first-order chi connectivity index (χ1) is 9.56. The van der Waals surface area contributed by atoms with Crippen LogP contribution in [0.2, 0.25) is 0 Å². The van der Waals surface area contributed by atoms with Crippen LogP contribution in [0, 0.1) is 5.82 Å². The van der Waals surface area contributed by atoms with Gasteiger partial charge in [0.2, 0.25) is 5.91 Å². The molecule has 0 saturated carbocycles. The molecule has 1 aromatic rings. The van der Waals surface area contributed by atoms with E-state index >= 15 is 0 Å². The van der Waals surface area contributed by atoms with E-state index < -0.39 is 17.9 Å². The number of rotatable bonds is 3. The molecule has 1 saturated heterocycles. The van der Waals surface area contributed by atoms with E-state index in [-0.39, 0.29) is 5.91 Å². The van der Waals surface area contributed by atoms with Crippen molar-refractivity contribution in [3.8, 4) is 0 Å². The Bertz CT molecular complexity index is 501. The van der Waals surface area contributed by atoms with Gasteiger partial charge in [-0.3, -0.25) is 4.79 Å². The summed E-state index contributed by atoms with van der Waals surface area (Å²) in [4.78, 5) is 25.5. The predicted molar refractivity (Wildman–Crippen MR) is 73.8 cm³/mol. The first-order valence-corrected chi connectivity index (χ1v) is 6.68. The lowest BCUT2D eigenvalue weighted by Crippen LogP contribution is -2.47. The molecule has 108 valence electrons. The molecule has 0 unspecified atom stereocenters. The van der Waals surface area contributed by atoms with Crippen LogP contribution in [-0.4, -0.2) is 36.0 Å². The van der Waals surface area contributed by atoms with Gasteiger partial charge in [0.05, 0.1) is 0 Å². The van der Waals surface area contributed by atoms with Crippen LogP contribution >= 0.6 is 0 Å². The topological polar surface area (TPSA) is 61.4 Å². The smallest absolute Gasteiger partial charge is 0.319 e. The molecule has 6 heteroatoms. The van der Waals surface area contributed by atoms with Crippen molar-refractivity contribution >= 4 is 17.6 Å². The van der Waals surface area contributed by atoms with Crippen molar-refractivity contribution in [2.24, 2.45) is 0 Å². The van der Waals surface area contributed by atoms with Gasteiger partial charge in [-0.2, -0.15) is 0 Å². The second-order valence-corrected chi connectivity index (χ2v) is 4.86. The number of nitrogens with one attached hydrogen (secondary N) is 2. The van der Waals surface area contributed by atoms with Crippen LogP contribution in [0.25, 0.3) is 0 Å². The molecular formula is C14H18FN3O2. The van der Waals surface area contributed by atoms with Gasteiger partial charge in [-0.25, -0.2) is 9.18 Å². The third kappa shape index (κ3) is 3.69. The molecule has 0 bridgehead atoms. The van der Waals surface area contributed by atoms with E-state index in [2.05, 4.69) is 10.6 Å². The minimum absolute atomic E-state index is 0.0862. The highest BCUT2D eigenvalue weighted by atomic mass is 19.1. The van der Waals surface area contributed by atoms with Crippen LogP contribution in [0.3, 0.4) is 0 Å². The molecule has 1 heterocycles. The Morgan fingerprint density at radius 2 is 2.00 bits per heavy atom. The average molecular weight is 279 g/mol. The molecule has 0 aromatic heterocycles. The van der Waals surface area contributed by atoms with Gasteiger partial charge in [-0.15, -0.1) is 0 Å². The summed E-state index contributed by atoms with van der Waals surface area (Å²) in [6.45, 7) is 3.14. The van der Waals surface area contributed by atoms with Crippen molar-refractivity contribution in [3.63, 3.8) is 0 Å². The van der Waals surface area contributed by atoms with Gasteiger partial charge in [-0.05, 0) is 38.0 Å². The Hall–Kier alpha value is -2.11. The van der Waals surface area contributed by atoms with E-state index in [1.165, 1.54) is 18.2 Å². The minimum atomic E-state index is -0.596. The Labute approximate surface area is 117 Å². The van der Waals surface area contributed by atoms with E-state index in [1.807, 2.05) is 0 Å². The summed E-state index contributed by atoms with van der Waals surface area (Å²) in [6.07, 6.45) is 2.02. The van der Waals surface area contributed by atoms with Gasteiger partial charge in [0.15, 0.2) is 0 Å². The zero-order valence-electron chi connectivity index (χ0n) is 11.4. The zero-order chi connectivity index (χ0) is 14.5. The van der Waals surface area contributed by atoms with Gasteiger partial charge < -0.3 is 15.5 Å². The SMILES string of the molecule is C[C@@H](NC(=O)Nc1cccc(F)c1)C(=O)N1CCCC1. The van der Waals surface area contributed by atoms with Crippen LogP contribution in [0.4, 0.5) is 14.9 Å². The number of hydrogen-bond donors (Lipinski definition) is 2. The monoisotopic (exact) mass is 279 g/mol. The maximum Gasteiger partial charge on any atom is 0.319 e. The number of nitrogens with zero attached hydrogens (tertiary/aromatic N) is 1. The van der Waals surface area contributed by atoms with E-state index in [9.17, 15) is 14.0 Å². The van der Waals surface area contributed by atoms with Crippen LogP contribution in [0.15, 0.2) is 24.3 Å². The number of benzene rings is 1. The van der Waals surface area contributed by atoms with Crippen LogP contribution in [0.1, 0.15) is 19.8 Å². The fourth-order valence-electron chi connectivity index (χ4n) is 2.20. The second kappa shape index (κ2) is 6.36.